The standard InChI is InChI=1S/C16H20O2/c1-12-5-2-3-6-14(12)15(17)13-7-10-18-16(11-13)8-4-9-16/h2-3,5-6,13H,4,7-11H2,1H3. The molecule has 1 saturated carbocycles. The Hall–Kier alpha value is -1.15. The lowest BCUT2D eigenvalue weighted by Gasteiger charge is -2.46. The van der Waals surface area contributed by atoms with Crippen LogP contribution in [0.3, 0.4) is 0 Å². The predicted octanol–water partition coefficient (Wildman–Crippen LogP) is 3.53. The van der Waals surface area contributed by atoms with E-state index in [0.29, 0.717) is 5.78 Å². The predicted molar refractivity (Wildman–Crippen MR) is 70.8 cm³/mol. The number of carbonyl (C=O) groups excluding carboxylic acids is 1. The number of ketones is 1. The number of rotatable bonds is 2. The molecular weight excluding hydrogens is 224 g/mol. The molecule has 3 rings (SSSR count). The summed E-state index contributed by atoms with van der Waals surface area (Å²) in [4.78, 5) is 12.6. The normalized spacial score (nSPS) is 25.7. The van der Waals surface area contributed by atoms with E-state index in [1.807, 2.05) is 31.2 Å². The lowest BCUT2D eigenvalue weighted by Crippen LogP contribution is -2.47. The van der Waals surface area contributed by atoms with Gasteiger partial charge in [0.1, 0.15) is 0 Å². The zero-order valence-electron chi connectivity index (χ0n) is 10.9. The van der Waals surface area contributed by atoms with Gasteiger partial charge in [-0.15, -0.1) is 0 Å². The number of hydrogen-bond acceptors (Lipinski definition) is 2. The van der Waals surface area contributed by atoms with Gasteiger partial charge in [0.2, 0.25) is 0 Å². The van der Waals surface area contributed by atoms with E-state index in [0.717, 1.165) is 43.4 Å². The van der Waals surface area contributed by atoms with Crippen molar-refractivity contribution in [2.45, 2.75) is 44.6 Å². The Bertz CT molecular complexity index is 460. The van der Waals surface area contributed by atoms with Crippen molar-refractivity contribution in [1.29, 1.82) is 0 Å². The third-order valence-electron chi connectivity index (χ3n) is 4.54. The molecule has 2 fully saturated rings. The SMILES string of the molecule is Cc1ccccc1C(=O)C1CCOC2(CCC2)C1. The highest BCUT2D eigenvalue weighted by Crippen LogP contribution is 2.44. The number of Topliss-reactive ketones (excluding diaryl/α,β-unsaturated/α-hetero) is 1. The van der Waals surface area contributed by atoms with Gasteiger partial charge in [0.05, 0.1) is 5.60 Å². The van der Waals surface area contributed by atoms with E-state index < -0.39 is 0 Å². The van der Waals surface area contributed by atoms with Crippen LogP contribution in [0.5, 0.6) is 0 Å². The van der Waals surface area contributed by atoms with Gasteiger partial charge < -0.3 is 4.74 Å². The average molecular weight is 244 g/mol. The minimum atomic E-state index is 0.0568. The first-order valence-electron chi connectivity index (χ1n) is 6.94. The molecule has 1 unspecified atom stereocenters. The number of benzene rings is 1. The summed E-state index contributed by atoms with van der Waals surface area (Å²) in [5.41, 5.74) is 2.05. The van der Waals surface area contributed by atoms with E-state index >= 15 is 0 Å². The quantitative estimate of drug-likeness (QED) is 0.744. The van der Waals surface area contributed by atoms with Gasteiger partial charge >= 0.3 is 0 Å². The molecule has 1 aliphatic carbocycles. The average Bonchev–Trinajstić information content (AvgIpc) is 2.37. The first-order chi connectivity index (χ1) is 8.70. The first-order valence-corrected chi connectivity index (χ1v) is 6.94. The van der Waals surface area contributed by atoms with Crippen molar-refractivity contribution in [3.05, 3.63) is 35.4 Å². The summed E-state index contributed by atoms with van der Waals surface area (Å²) in [6, 6.07) is 7.93. The van der Waals surface area contributed by atoms with Gasteiger partial charge in [-0.05, 0) is 44.6 Å². The Labute approximate surface area is 108 Å². The summed E-state index contributed by atoms with van der Waals surface area (Å²) in [7, 11) is 0. The maximum Gasteiger partial charge on any atom is 0.166 e. The summed E-state index contributed by atoms with van der Waals surface area (Å²) in [6.45, 7) is 2.77. The van der Waals surface area contributed by atoms with Crippen LogP contribution < -0.4 is 0 Å². The fraction of sp³-hybridized carbons (Fsp3) is 0.562. The summed E-state index contributed by atoms with van der Waals surface area (Å²) in [5.74, 6) is 0.489. The van der Waals surface area contributed by atoms with Crippen molar-refractivity contribution in [2.75, 3.05) is 6.61 Å². The van der Waals surface area contributed by atoms with Crippen molar-refractivity contribution in [3.8, 4) is 0 Å². The number of carbonyl (C=O) groups is 1. The second-order valence-electron chi connectivity index (χ2n) is 5.75. The molecule has 1 aromatic carbocycles. The molecule has 0 radical (unpaired) electrons. The van der Waals surface area contributed by atoms with Crippen LogP contribution in [0.25, 0.3) is 0 Å². The Morgan fingerprint density at radius 2 is 2.11 bits per heavy atom. The molecule has 1 heterocycles. The highest BCUT2D eigenvalue weighted by Gasteiger charge is 2.44. The summed E-state index contributed by atoms with van der Waals surface area (Å²) in [5, 5.41) is 0. The molecule has 0 amide bonds. The third-order valence-corrected chi connectivity index (χ3v) is 4.54. The van der Waals surface area contributed by atoms with Crippen molar-refractivity contribution < 1.29 is 9.53 Å². The molecule has 0 bridgehead atoms. The monoisotopic (exact) mass is 244 g/mol. The number of hydrogen-bond donors (Lipinski definition) is 0. The van der Waals surface area contributed by atoms with Gasteiger partial charge in [-0.25, -0.2) is 0 Å². The molecule has 2 nitrogen and oxygen atoms in total. The Morgan fingerprint density at radius 1 is 1.33 bits per heavy atom. The van der Waals surface area contributed by atoms with Gasteiger partial charge in [-0.1, -0.05) is 24.3 Å². The van der Waals surface area contributed by atoms with E-state index in [9.17, 15) is 4.79 Å². The number of ether oxygens (including phenoxy) is 1. The molecule has 2 aliphatic rings. The van der Waals surface area contributed by atoms with Crippen LogP contribution >= 0.6 is 0 Å². The van der Waals surface area contributed by atoms with Crippen LogP contribution in [0, 0.1) is 12.8 Å². The van der Waals surface area contributed by atoms with Crippen molar-refractivity contribution in [3.63, 3.8) is 0 Å². The van der Waals surface area contributed by atoms with Crippen LogP contribution in [0.15, 0.2) is 24.3 Å². The van der Waals surface area contributed by atoms with Crippen molar-refractivity contribution >= 4 is 5.78 Å². The fourth-order valence-electron chi connectivity index (χ4n) is 3.24. The summed E-state index contributed by atoms with van der Waals surface area (Å²) >= 11 is 0. The topological polar surface area (TPSA) is 26.3 Å². The molecule has 0 aromatic heterocycles. The largest absolute Gasteiger partial charge is 0.375 e. The fourth-order valence-corrected chi connectivity index (χ4v) is 3.24. The van der Waals surface area contributed by atoms with Crippen LogP contribution in [-0.2, 0) is 4.74 Å². The first kappa shape index (κ1) is 11.9. The Kier molecular flexibility index (Phi) is 2.98. The van der Waals surface area contributed by atoms with E-state index in [-0.39, 0.29) is 11.5 Å². The van der Waals surface area contributed by atoms with Crippen LogP contribution in [0.1, 0.15) is 48.0 Å². The molecule has 1 spiro atoms. The minimum Gasteiger partial charge on any atom is -0.375 e. The molecule has 2 heteroatoms. The van der Waals surface area contributed by atoms with E-state index in [4.69, 9.17) is 4.74 Å². The Balaban J connectivity index is 1.78. The lowest BCUT2D eigenvalue weighted by atomic mass is 9.70. The van der Waals surface area contributed by atoms with Crippen LogP contribution in [0.2, 0.25) is 0 Å². The zero-order valence-corrected chi connectivity index (χ0v) is 10.9. The zero-order chi connectivity index (χ0) is 12.6. The second kappa shape index (κ2) is 4.51. The maximum absolute atomic E-state index is 12.6. The highest BCUT2D eigenvalue weighted by atomic mass is 16.5. The molecule has 1 atom stereocenters. The van der Waals surface area contributed by atoms with Crippen LogP contribution in [-0.4, -0.2) is 18.0 Å². The molecule has 96 valence electrons. The Morgan fingerprint density at radius 3 is 2.78 bits per heavy atom. The van der Waals surface area contributed by atoms with E-state index in [1.54, 1.807) is 0 Å². The van der Waals surface area contributed by atoms with E-state index in [2.05, 4.69) is 0 Å². The van der Waals surface area contributed by atoms with Gasteiger partial charge in [-0.2, -0.15) is 0 Å². The summed E-state index contributed by atoms with van der Waals surface area (Å²) in [6.07, 6.45) is 5.36. The summed E-state index contributed by atoms with van der Waals surface area (Å²) < 4.78 is 5.90. The molecule has 1 aromatic rings. The maximum atomic E-state index is 12.6. The second-order valence-corrected chi connectivity index (χ2v) is 5.75. The van der Waals surface area contributed by atoms with E-state index in [1.165, 1.54) is 6.42 Å². The van der Waals surface area contributed by atoms with Gasteiger partial charge in [0.25, 0.3) is 0 Å². The van der Waals surface area contributed by atoms with Crippen molar-refractivity contribution in [1.82, 2.24) is 0 Å². The third kappa shape index (κ3) is 1.99. The molecular formula is C16H20O2. The molecule has 1 saturated heterocycles. The lowest BCUT2D eigenvalue weighted by molar-refractivity contribution is -0.137. The highest BCUT2D eigenvalue weighted by molar-refractivity contribution is 5.99. The van der Waals surface area contributed by atoms with Gasteiger partial charge in [-0.3, -0.25) is 4.79 Å². The molecule has 18 heavy (non-hydrogen) atoms. The smallest absolute Gasteiger partial charge is 0.166 e. The number of aryl methyl sites for hydroxylation is 1. The molecule has 1 aliphatic heterocycles. The minimum absolute atomic E-state index is 0.0568. The molecule has 0 N–H and O–H groups in total. The van der Waals surface area contributed by atoms with Gasteiger partial charge in [0.15, 0.2) is 5.78 Å². The van der Waals surface area contributed by atoms with Crippen LogP contribution in [0.4, 0.5) is 0 Å². The van der Waals surface area contributed by atoms with Gasteiger partial charge in [0, 0.05) is 18.1 Å². The van der Waals surface area contributed by atoms with Crippen molar-refractivity contribution in [2.24, 2.45) is 5.92 Å².